The van der Waals surface area contributed by atoms with E-state index in [4.69, 9.17) is 0 Å². The Bertz CT molecular complexity index is 1620. The Hall–Kier alpha value is -4.56. The van der Waals surface area contributed by atoms with Crippen LogP contribution in [0.1, 0.15) is 50.2 Å². The van der Waals surface area contributed by atoms with Gasteiger partial charge in [-0.05, 0) is 43.2 Å². The van der Waals surface area contributed by atoms with Crippen molar-refractivity contribution in [2.45, 2.75) is 25.5 Å². The first-order valence-electron chi connectivity index (χ1n) is 12.9. The van der Waals surface area contributed by atoms with E-state index in [1.165, 1.54) is 0 Å². The maximum Gasteiger partial charge on any atom is 0.257 e. The van der Waals surface area contributed by atoms with E-state index < -0.39 is 21.7 Å². The summed E-state index contributed by atoms with van der Waals surface area (Å²) in [6.07, 6.45) is 0.140. The number of aryl methyl sites for hydroxylation is 1. The number of hydrogen-bond acceptors (Lipinski definition) is 5. The number of para-hydroxylation sites is 1. The van der Waals surface area contributed by atoms with Gasteiger partial charge in [0, 0.05) is 17.5 Å². The van der Waals surface area contributed by atoms with Crippen molar-refractivity contribution in [2.24, 2.45) is 0 Å². The minimum Gasteiger partial charge on any atom is -0.325 e. The van der Waals surface area contributed by atoms with E-state index in [0.29, 0.717) is 28.1 Å². The largest absolute Gasteiger partial charge is 0.325 e. The molecule has 0 heterocycles. The van der Waals surface area contributed by atoms with E-state index in [-0.39, 0.29) is 35.7 Å². The number of amides is 2. The highest BCUT2D eigenvalue weighted by atomic mass is 32.2. The van der Waals surface area contributed by atoms with Gasteiger partial charge in [-0.3, -0.25) is 14.4 Å². The van der Waals surface area contributed by atoms with Crippen molar-refractivity contribution in [1.82, 2.24) is 0 Å². The first kappa shape index (κ1) is 28.4. The van der Waals surface area contributed by atoms with Crippen molar-refractivity contribution in [3.63, 3.8) is 0 Å². The lowest BCUT2D eigenvalue weighted by atomic mass is 9.99. The molecule has 0 saturated heterocycles. The molecule has 4 rings (SSSR count). The smallest absolute Gasteiger partial charge is 0.257 e. The summed E-state index contributed by atoms with van der Waals surface area (Å²) in [6, 6.07) is 29.5. The first-order chi connectivity index (χ1) is 19.2. The van der Waals surface area contributed by atoms with E-state index >= 15 is 0 Å². The predicted molar refractivity (Wildman–Crippen MR) is 157 cm³/mol. The van der Waals surface area contributed by atoms with E-state index in [0.717, 1.165) is 5.56 Å². The summed E-state index contributed by atoms with van der Waals surface area (Å²) >= 11 is 0. The molecule has 0 saturated carbocycles. The lowest BCUT2D eigenvalue weighted by molar-refractivity contribution is -0.116. The third-order valence-electron chi connectivity index (χ3n) is 6.24. The van der Waals surface area contributed by atoms with E-state index in [2.05, 4.69) is 10.6 Å². The molecular weight excluding hydrogens is 524 g/mol. The summed E-state index contributed by atoms with van der Waals surface area (Å²) in [6.45, 7) is 1.87. The van der Waals surface area contributed by atoms with Crippen LogP contribution in [0.25, 0.3) is 0 Å². The van der Waals surface area contributed by atoms with Crippen molar-refractivity contribution >= 4 is 38.8 Å². The first-order valence-corrected chi connectivity index (χ1v) is 14.7. The third-order valence-corrected chi connectivity index (χ3v) is 7.92. The Morgan fingerprint density at radius 3 is 2.05 bits per heavy atom. The number of nitrogens with one attached hydrogen (secondary N) is 2. The van der Waals surface area contributed by atoms with Crippen LogP contribution in [0.2, 0.25) is 0 Å². The summed E-state index contributed by atoms with van der Waals surface area (Å²) in [5, 5.41) is 5.54. The van der Waals surface area contributed by atoms with Crippen LogP contribution in [0.4, 0.5) is 11.4 Å². The lowest BCUT2D eigenvalue weighted by Crippen LogP contribution is -2.20. The molecule has 204 valence electrons. The Balaban J connectivity index is 1.41. The lowest BCUT2D eigenvalue weighted by Gasteiger charge is -2.14. The van der Waals surface area contributed by atoms with Crippen LogP contribution < -0.4 is 10.6 Å². The van der Waals surface area contributed by atoms with E-state index in [1.54, 1.807) is 91.0 Å². The maximum absolute atomic E-state index is 13.3. The van der Waals surface area contributed by atoms with Gasteiger partial charge < -0.3 is 10.6 Å². The Morgan fingerprint density at radius 1 is 0.700 bits per heavy atom. The molecule has 0 spiro atoms. The Labute approximate surface area is 234 Å². The fourth-order valence-corrected chi connectivity index (χ4v) is 5.67. The zero-order valence-corrected chi connectivity index (χ0v) is 22.9. The molecule has 40 heavy (non-hydrogen) atoms. The van der Waals surface area contributed by atoms with Crippen LogP contribution in [0.5, 0.6) is 0 Å². The van der Waals surface area contributed by atoms with Gasteiger partial charge in [0.25, 0.3) is 5.91 Å². The van der Waals surface area contributed by atoms with Gasteiger partial charge in [-0.15, -0.1) is 0 Å². The van der Waals surface area contributed by atoms with Gasteiger partial charge in [0.2, 0.25) is 5.91 Å². The molecule has 0 aliphatic carbocycles. The molecular formula is C32H30N2O5S. The molecule has 0 bridgehead atoms. The fraction of sp³-hybridized carbons (Fsp3) is 0.156. The molecule has 7 nitrogen and oxygen atoms in total. The van der Waals surface area contributed by atoms with E-state index in [1.807, 2.05) is 19.1 Å². The summed E-state index contributed by atoms with van der Waals surface area (Å²) in [4.78, 5) is 39.1. The summed E-state index contributed by atoms with van der Waals surface area (Å²) in [5.41, 5.74) is 3.30. The number of benzene rings is 4. The third kappa shape index (κ3) is 7.74. The minimum atomic E-state index is -3.37. The number of sulfone groups is 1. The van der Waals surface area contributed by atoms with Crippen molar-refractivity contribution in [3.8, 4) is 0 Å². The molecule has 4 aromatic rings. The van der Waals surface area contributed by atoms with Crippen LogP contribution in [0, 0.1) is 6.92 Å². The average Bonchev–Trinajstić information content (AvgIpc) is 2.94. The van der Waals surface area contributed by atoms with Gasteiger partial charge in [0.15, 0.2) is 15.6 Å². The number of ketones is 1. The standard InChI is InChI=1S/C32H30N2O5S/c1-23-18-19-29(27(21-23)31(36)25-13-6-3-7-14-25)34-32(37)26-15-8-9-16-28(26)33-30(35)17-10-20-40(38,39)22-24-11-4-2-5-12-24/h2-9,11-16,18-19,21H,10,17,20,22H2,1H3,(H,33,35)(H,34,37). The molecule has 0 unspecified atom stereocenters. The van der Waals surface area contributed by atoms with Gasteiger partial charge in [-0.25, -0.2) is 8.42 Å². The summed E-state index contributed by atoms with van der Waals surface area (Å²) in [7, 11) is -3.37. The van der Waals surface area contributed by atoms with Crippen molar-refractivity contribution in [2.75, 3.05) is 16.4 Å². The molecule has 0 fully saturated rings. The molecule has 0 radical (unpaired) electrons. The monoisotopic (exact) mass is 554 g/mol. The number of carbonyl (C=O) groups is 3. The van der Waals surface area contributed by atoms with Gasteiger partial charge >= 0.3 is 0 Å². The molecule has 0 aliphatic heterocycles. The predicted octanol–water partition coefficient (Wildman–Crippen LogP) is 5.81. The Kier molecular flexibility index (Phi) is 9.24. The van der Waals surface area contributed by atoms with Gasteiger partial charge in [0.05, 0.1) is 28.4 Å². The summed E-state index contributed by atoms with van der Waals surface area (Å²) < 4.78 is 24.9. The quantitative estimate of drug-likeness (QED) is 0.227. The second-order valence-corrected chi connectivity index (χ2v) is 11.7. The molecule has 2 amide bonds. The topological polar surface area (TPSA) is 109 Å². The SMILES string of the molecule is Cc1ccc(NC(=O)c2ccccc2NC(=O)CCCS(=O)(=O)Cc2ccccc2)c(C(=O)c2ccccc2)c1. The maximum atomic E-state index is 13.3. The molecule has 0 aliphatic rings. The molecule has 4 aromatic carbocycles. The van der Waals surface area contributed by atoms with Crippen molar-refractivity contribution in [1.29, 1.82) is 0 Å². The van der Waals surface area contributed by atoms with E-state index in [9.17, 15) is 22.8 Å². The zero-order valence-electron chi connectivity index (χ0n) is 22.1. The van der Waals surface area contributed by atoms with Crippen LogP contribution in [-0.2, 0) is 20.4 Å². The van der Waals surface area contributed by atoms with Gasteiger partial charge in [0.1, 0.15) is 0 Å². The van der Waals surface area contributed by atoms with Crippen molar-refractivity contribution < 1.29 is 22.8 Å². The molecule has 8 heteroatoms. The number of rotatable bonds is 11. The van der Waals surface area contributed by atoms with Gasteiger partial charge in [-0.2, -0.15) is 0 Å². The van der Waals surface area contributed by atoms with Crippen molar-refractivity contribution in [3.05, 3.63) is 131 Å². The molecule has 0 atom stereocenters. The Morgan fingerprint density at radius 2 is 1.32 bits per heavy atom. The fourth-order valence-electron chi connectivity index (χ4n) is 4.25. The normalized spacial score (nSPS) is 11.0. The van der Waals surface area contributed by atoms with Gasteiger partial charge in [-0.1, -0.05) is 84.4 Å². The number of carbonyl (C=O) groups excluding carboxylic acids is 3. The highest BCUT2D eigenvalue weighted by Crippen LogP contribution is 2.24. The van der Waals surface area contributed by atoms with Crippen LogP contribution in [0.15, 0.2) is 103 Å². The number of anilines is 2. The summed E-state index contributed by atoms with van der Waals surface area (Å²) in [5.74, 6) is -1.31. The molecule has 0 aromatic heterocycles. The zero-order chi connectivity index (χ0) is 28.5. The van der Waals surface area contributed by atoms with Crippen LogP contribution in [-0.4, -0.2) is 31.8 Å². The second kappa shape index (κ2) is 13.0. The number of hydrogen-bond donors (Lipinski definition) is 2. The van der Waals surface area contributed by atoms with Crippen LogP contribution in [0.3, 0.4) is 0 Å². The van der Waals surface area contributed by atoms with Crippen LogP contribution >= 0.6 is 0 Å². The molecule has 2 N–H and O–H groups in total. The minimum absolute atomic E-state index is 0.0162. The highest BCUT2D eigenvalue weighted by Gasteiger charge is 2.19. The average molecular weight is 555 g/mol. The highest BCUT2D eigenvalue weighted by molar-refractivity contribution is 7.90. The second-order valence-electron chi connectivity index (χ2n) is 9.47.